The van der Waals surface area contributed by atoms with Crippen molar-refractivity contribution in [1.82, 2.24) is 0 Å². The Hall–Kier alpha value is -1.02. The molecule has 2 nitrogen and oxygen atoms in total. The van der Waals surface area contributed by atoms with E-state index in [0.29, 0.717) is 6.04 Å². The van der Waals surface area contributed by atoms with Crippen molar-refractivity contribution >= 4 is 5.69 Å². The zero-order chi connectivity index (χ0) is 9.97. The summed E-state index contributed by atoms with van der Waals surface area (Å²) < 4.78 is 0. The van der Waals surface area contributed by atoms with Gasteiger partial charge in [0.15, 0.2) is 0 Å². The van der Waals surface area contributed by atoms with Gasteiger partial charge in [-0.2, -0.15) is 0 Å². The quantitative estimate of drug-likeness (QED) is 0.787. The first-order valence-electron chi connectivity index (χ1n) is 5.41. The Balaban J connectivity index is 2.25. The first-order chi connectivity index (χ1) is 6.86. The first-order valence-corrected chi connectivity index (χ1v) is 5.41. The zero-order valence-corrected chi connectivity index (χ0v) is 8.74. The van der Waals surface area contributed by atoms with Crippen LogP contribution in [-0.4, -0.2) is 19.1 Å². The Morgan fingerprint density at radius 2 is 2.21 bits per heavy atom. The van der Waals surface area contributed by atoms with Crippen LogP contribution in [0.4, 0.5) is 5.69 Å². The lowest BCUT2D eigenvalue weighted by molar-refractivity contribution is 0.596. The van der Waals surface area contributed by atoms with Crippen molar-refractivity contribution in [2.24, 2.45) is 5.73 Å². The molecule has 0 saturated carbocycles. The number of fused-ring (bicyclic) bond motifs is 1. The molecule has 0 aliphatic carbocycles. The largest absolute Gasteiger partial charge is 0.367 e. The molecule has 0 aromatic heterocycles. The van der Waals surface area contributed by atoms with Crippen molar-refractivity contribution in [1.29, 1.82) is 0 Å². The van der Waals surface area contributed by atoms with Crippen molar-refractivity contribution in [3.8, 4) is 0 Å². The Labute approximate surface area is 85.7 Å². The second-order valence-electron chi connectivity index (χ2n) is 3.87. The lowest BCUT2D eigenvalue weighted by atomic mass is 10.1. The van der Waals surface area contributed by atoms with Gasteiger partial charge in [-0.05, 0) is 24.5 Å². The summed E-state index contributed by atoms with van der Waals surface area (Å²) in [5, 5.41) is 0. The molecular formula is C12H18N2. The van der Waals surface area contributed by atoms with Crippen molar-refractivity contribution in [2.45, 2.75) is 25.8 Å². The Morgan fingerprint density at radius 3 is 2.93 bits per heavy atom. The van der Waals surface area contributed by atoms with Crippen LogP contribution in [0.1, 0.15) is 18.9 Å². The van der Waals surface area contributed by atoms with E-state index in [2.05, 4.69) is 36.1 Å². The van der Waals surface area contributed by atoms with E-state index in [0.717, 1.165) is 19.5 Å². The van der Waals surface area contributed by atoms with E-state index in [1.54, 1.807) is 0 Å². The van der Waals surface area contributed by atoms with Crippen LogP contribution in [0.25, 0.3) is 0 Å². The van der Waals surface area contributed by atoms with Gasteiger partial charge in [0.05, 0.1) is 0 Å². The molecule has 1 heterocycles. The van der Waals surface area contributed by atoms with Gasteiger partial charge in [-0.15, -0.1) is 0 Å². The number of para-hydroxylation sites is 1. The number of hydrogen-bond acceptors (Lipinski definition) is 2. The number of nitrogens with two attached hydrogens (primary N) is 1. The van der Waals surface area contributed by atoms with Crippen LogP contribution in [0.15, 0.2) is 24.3 Å². The molecule has 1 aromatic carbocycles. The maximum Gasteiger partial charge on any atom is 0.0409 e. The average Bonchev–Trinajstić information content (AvgIpc) is 2.65. The Bertz CT molecular complexity index is 305. The molecule has 0 spiro atoms. The molecule has 76 valence electrons. The molecule has 1 unspecified atom stereocenters. The summed E-state index contributed by atoms with van der Waals surface area (Å²) in [6, 6.07) is 9.17. The highest BCUT2D eigenvalue weighted by Gasteiger charge is 2.23. The van der Waals surface area contributed by atoms with Gasteiger partial charge in [0.25, 0.3) is 0 Å². The number of anilines is 1. The van der Waals surface area contributed by atoms with Gasteiger partial charge in [0.2, 0.25) is 0 Å². The third-order valence-corrected chi connectivity index (χ3v) is 3.11. The highest BCUT2D eigenvalue weighted by molar-refractivity contribution is 5.58. The fraction of sp³-hybridized carbons (Fsp3) is 0.500. The molecule has 2 rings (SSSR count). The minimum Gasteiger partial charge on any atom is -0.367 e. The fourth-order valence-corrected chi connectivity index (χ4v) is 2.26. The van der Waals surface area contributed by atoms with E-state index < -0.39 is 0 Å². The second kappa shape index (κ2) is 4.01. The average molecular weight is 190 g/mol. The van der Waals surface area contributed by atoms with Gasteiger partial charge in [-0.1, -0.05) is 25.1 Å². The van der Waals surface area contributed by atoms with Crippen LogP contribution in [0.3, 0.4) is 0 Å². The number of rotatable bonds is 3. The van der Waals surface area contributed by atoms with Gasteiger partial charge >= 0.3 is 0 Å². The molecular weight excluding hydrogens is 172 g/mol. The summed E-state index contributed by atoms with van der Waals surface area (Å²) in [4.78, 5) is 2.45. The van der Waals surface area contributed by atoms with Crippen LogP contribution in [0.5, 0.6) is 0 Å². The van der Waals surface area contributed by atoms with Gasteiger partial charge < -0.3 is 10.6 Å². The Kier molecular flexibility index (Phi) is 2.73. The lowest BCUT2D eigenvalue weighted by Gasteiger charge is -2.28. The summed E-state index contributed by atoms with van der Waals surface area (Å²) >= 11 is 0. The van der Waals surface area contributed by atoms with Gasteiger partial charge in [-0.25, -0.2) is 0 Å². The zero-order valence-electron chi connectivity index (χ0n) is 8.74. The predicted molar refractivity (Wildman–Crippen MR) is 60.6 cm³/mol. The summed E-state index contributed by atoms with van der Waals surface area (Å²) in [5.41, 5.74) is 8.64. The van der Waals surface area contributed by atoms with Crippen molar-refractivity contribution in [3.63, 3.8) is 0 Å². The molecule has 1 atom stereocenters. The van der Waals surface area contributed by atoms with E-state index in [9.17, 15) is 0 Å². The third-order valence-electron chi connectivity index (χ3n) is 3.11. The molecule has 2 heteroatoms. The normalized spacial score (nSPS) is 16.9. The van der Waals surface area contributed by atoms with E-state index in [1.807, 2.05) is 0 Å². The molecule has 0 bridgehead atoms. The highest BCUT2D eigenvalue weighted by atomic mass is 15.2. The third kappa shape index (κ3) is 1.50. The molecule has 0 saturated heterocycles. The first kappa shape index (κ1) is 9.53. The SMILES string of the molecule is CCC(CN)N1CCc2ccccc21. The monoisotopic (exact) mass is 190 g/mol. The van der Waals surface area contributed by atoms with E-state index in [-0.39, 0.29) is 0 Å². The van der Waals surface area contributed by atoms with Crippen LogP contribution in [0, 0.1) is 0 Å². The van der Waals surface area contributed by atoms with E-state index >= 15 is 0 Å². The summed E-state index contributed by atoms with van der Waals surface area (Å²) in [6.07, 6.45) is 2.30. The van der Waals surface area contributed by atoms with Crippen molar-refractivity contribution in [2.75, 3.05) is 18.0 Å². The summed E-state index contributed by atoms with van der Waals surface area (Å²) in [5.74, 6) is 0. The minimum atomic E-state index is 0.513. The van der Waals surface area contributed by atoms with Crippen LogP contribution in [-0.2, 0) is 6.42 Å². The molecule has 0 radical (unpaired) electrons. The highest BCUT2D eigenvalue weighted by Crippen LogP contribution is 2.29. The molecule has 2 N–H and O–H groups in total. The van der Waals surface area contributed by atoms with Crippen molar-refractivity contribution < 1.29 is 0 Å². The lowest BCUT2D eigenvalue weighted by Crippen LogP contribution is -2.39. The fourth-order valence-electron chi connectivity index (χ4n) is 2.26. The summed E-state index contributed by atoms with van der Waals surface area (Å²) in [6.45, 7) is 4.10. The summed E-state index contributed by atoms with van der Waals surface area (Å²) in [7, 11) is 0. The van der Waals surface area contributed by atoms with Crippen LogP contribution in [0.2, 0.25) is 0 Å². The predicted octanol–water partition coefficient (Wildman–Crippen LogP) is 1.79. The van der Waals surface area contributed by atoms with Gasteiger partial charge in [-0.3, -0.25) is 0 Å². The molecule has 1 aromatic rings. The molecule has 0 fully saturated rings. The maximum atomic E-state index is 5.78. The van der Waals surface area contributed by atoms with Crippen molar-refractivity contribution in [3.05, 3.63) is 29.8 Å². The second-order valence-corrected chi connectivity index (χ2v) is 3.87. The number of hydrogen-bond donors (Lipinski definition) is 1. The van der Waals surface area contributed by atoms with Crippen LogP contribution >= 0.6 is 0 Å². The van der Waals surface area contributed by atoms with E-state index in [1.165, 1.54) is 17.7 Å². The topological polar surface area (TPSA) is 29.3 Å². The van der Waals surface area contributed by atoms with Crippen LogP contribution < -0.4 is 10.6 Å². The van der Waals surface area contributed by atoms with Gasteiger partial charge in [0.1, 0.15) is 0 Å². The molecule has 1 aliphatic heterocycles. The smallest absolute Gasteiger partial charge is 0.0409 e. The van der Waals surface area contributed by atoms with E-state index in [4.69, 9.17) is 5.73 Å². The number of nitrogens with zero attached hydrogens (tertiary/aromatic N) is 1. The standard InChI is InChI=1S/C12H18N2/c1-2-11(9-13)14-8-7-10-5-3-4-6-12(10)14/h3-6,11H,2,7-9,13H2,1H3. The maximum absolute atomic E-state index is 5.78. The molecule has 14 heavy (non-hydrogen) atoms. The molecule has 0 amide bonds. The molecule has 1 aliphatic rings. The number of benzene rings is 1. The Morgan fingerprint density at radius 1 is 1.43 bits per heavy atom. The van der Waals surface area contributed by atoms with Gasteiger partial charge in [0, 0.05) is 24.8 Å². The minimum absolute atomic E-state index is 0.513.